The Kier molecular flexibility index (Phi) is 7.29. The van der Waals surface area contributed by atoms with Gasteiger partial charge in [-0.1, -0.05) is 45.0 Å². The minimum atomic E-state index is -4.61. The third kappa shape index (κ3) is 6.00. The number of alkyl halides is 3. The molecule has 1 amide bonds. The summed E-state index contributed by atoms with van der Waals surface area (Å²) in [6, 6.07) is 16.6. The zero-order valence-electron chi connectivity index (χ0n) is 22.8. The lowest BCUT2D eigenvalue weighted by atomic mass is 9.86. The van der Waals surface area contributed by atoms with Gasteiger partial charge < -0.3 is 26.5 Å². The lowest BCUT2D eigenvalue weighted by Crippen LogP contribution is -2.15. The van der Waals surface area contributed by atoms with Gasteiger partial charge in [0.05, 0.1) is 17.6 Å². The zero-order chi connectivity index (χ0) is 30.2. The number of nitrogens with one attached hydrogen (secondary N) is 3. The first-order valence-electron chi connectivity index (χ1n) is 12.8. The lowest BCUT2D eigenvalue weighted by Gasteiger charge is -2.19. The summed E-state index contributed by atoms with van der Waals surface area (Å²) in [7, 11) is 0. The number of carbonyl (C=O) groups excluding carboxylic acids is 1. The smallest absolute Gasteiger partial charge is 0.392 e. The fourth-order valence-corrected chi connectivity index (χ4v) is 4.32. The molecule has 6 N–H and O–H groups in total. The molecular formula is C29H27F3N8O2. The molecule has 0 aliphatic rings. The normalized spacial score (nSPS) is 12.0. The van der Waals surface area contributed by atoms with Gasteiger partial charge in [0.25, 0.3) is 5.91 Å². The van der Waals surface area contributed by atoms with Crippen molar-refractivity contribution in [2.45, 2.75) is 39.0 Å². The van der Waals surface area contributed by atoms with E-state index in [4.69, 9.17) is 5.73 Å². The van der Waals surface area contributed by atoms with Crippen LogP contribution in [0, 0.1) is 0 Å². The third-order valence-corrected chi connectivity index (χ3v) is 6.50. The van der Waals surface area contributed by atoms with Crippen LogP contribution in [-0.2, 0) is 18.2 Å². The van der Waals surface area contributed by atoms with Crippen molar-refractivity contribution in [2.24, 2.45) is 0 Å². The summed E-state index contributed by atoms with van der Waals surface area (Å²) in [4.78, 5) is 31.5. The average molecular weight is 577 g/mol. The van der Waals surface area contributed by atoms with Crippen LogP contribution in [0.25, 0.3) is 22.4 Å². The minimum Gasteiger partial charge on any atom is -0.392 e. The van der Waals surface area contributed by atoms with E-state index < -0.39 is 18.6 Å². The summed E-state index contributed by atoms with van der Waals surface area (Å²) >= 11 is 0. The molecule has 0 atom stereocenters. The molecule has 42 heavy (non-hydrogen) atoms. The number of hydrogen-bond donors (Lipinski definition) is 5. The largest absolute Gasteiger partial charge is 0.449 e. The first kappa shape index (κ1) is 28.5. The van der Waals surface area contributed by atoms with Gasteiger partial charge in [-0.05, 0) is 47.4 Å². The Morgan fingerprint density at radius 2 is 1.71 bits per heavy atom. The van der Waals surface area contributed by atoms with Gasteiger partial charge in [0.2, 0.25) is 17.7 Å². The summed E-state index contributed by atoms with van der Waals surface area (Å²) in [5, 5.41) is 16.0. The maximum atomic E-state index is 13.0. The molecular weight excluding hydrogens is 549 g/mol. The second kappa shape index (κ2) is 10.7. The molecule has 10 nitrogen and oxygen atoms in total. The number of benzene rings is 3. The molecule has 13 heteroatoms. The number of nitrogens with two attached hydrogens (primary N) is 1. The number of imidazole rings is 1. The van der Waals surface area contributed by atoms with Crippen molar-refractivity contribution in [3.8, 4) is 11.4 Å². The lowest BCUT2D eigenvalue weighted by molar-refractivity contribution is -0.144. The standard InChI is InChI=1S/C29H27F3N8O2/c1-28(2,3)16-9-7-15(8-10-16)24(42)35-20-6-4-5-18(19(20)14-41)23-38-26(33)40-27(39-23)34-17-11-12-21-22(13-17)37-25(36-21)29(30,31)32/h4-13,41H,14H2,1-3H3,(H,35,42)(H,36,37)(H3,33,34,38,39,40). The van der Waals surface area contributed by atoms with Crippen LogP contribution in [-0.4, -0.2) is 35.9 Å². The zero-order valence-corrected chi connectivity index (χ0v) is 22.8. The monoisotopic (exact) mass is 576 g/mol. The van der Waals surface area contributed by atoms with Gasteiger partial charge in [0, 0.05) is 28.1 Å². The van der Waals surface area contributed by atoms with E-state index in [1.807, 2.05) is 12.1 Å². The van der Waals surface area contributed by atoms with Crippen molar-refractivity contribution in [1.82, 2.24) is 24.9 Å². The number of aliphatic hydroxyl groups excluding tert-OH is 1. The van der Waals surface area contributed by atoms with E-state index in [2.05, 4.69) is 56.3 Å². The molecule has 0 saturated heterocycles. The third-order valence-electron chi connectivity index (χ3n) is 6.50. The van der Waals surface area contributed by atoms with Crippen molar-refractivity contribution < 1.29 is 23.1 Å². The van der Waals surface area contributed by atoms with Crippen molar-refractivity contribution in [3.05, 3.63) is 83.2 Å². The number of hydrogen-bond acceptors (Lipinski definition) is 8. The number of aromatic nitrogens is 5. The molecule has 0 fully saturated rings. The van der Waals surface area contributed by atoms with Crippen LogP contribution in [0.4, 0.5) is 36.4 Å². The number of H-pyrrole nitrogens is 1. The first-order chi connectivity index (χ1) is 19.8. The molecule has 216 valence electrons. The summed E-state index contributed by atoms with van der Waals surface area (Å²) in [6.07, 6.45) is -4.61. The van der Waals surface area contributed by atoms with Crippen LogP contribution < -0.4 is 16.4 Å². The molecule has 0 radical (unpaired) electrons. The average Bonchev–Trinajstić information content (AvgIpc) is 3.36. The Balaban J connectivity index is 1.42. The molecule has 0 bridgehead atoms. The fourth-order valence-electron chi connectivity index (χ4n) is 4.32. The molecule has 0 aliphatic carbocycles. The van der Waals surface area contributed by atoms with E-state index in [1.54, 1.807) is 30.3 Å². The predicted molar refractivity (Wildman–Crippen MR) is 153 cm³/mol. The highest BCUT2D eigenvalue weighted by atomic mass is 19.4. The number of carbonyl (C=O) groups is 1. The second-order valence-corrected chi connectivity index (χ2v) is 10.6. The fraction of sp³-hybridized carbons (Fsp3) is 0.207. The number of rotatable bonds is 6. The van der Waals surface area contributed by atoms with E-state index in [9.17, 15) is 23.1 Å². The van der Waals surface area contributed by atoms with E-state index in [0.717, 1.165) is 5.56 Å². The Labute approximate surface area is 238 Å². The van der Waals surface area contributed by atoms with Gasteiger partial charge in [-0.15, -0.1) is 0 Å². The van der Waals surface area contributed by atoms with Crippen molar-refractivity contribution in [3.63, 3.8) is 0 Å². The van der Waals surface area contributed by atoms with Gasteiger partial charge in [-0.2, -0.15) is 28.1 Å². The quantitative estimate of drug-likeness (QED) is 0.170. The minimum absolute atomic E-state index is 0.0145. The van der Waals surface area contributed by atoms with Crippen LogP contribution in [0.2, 0.25) is 0 Å². The Bertz CT molecular complexity index is 1780. The molecule has 2 aromatic heterocycles. The van der Waals surface area contributed by atoms with Gasteiger partial charge in [-0.25, -0.2) is 4.98 Å². The van der Waals surface area contributed by atoms with Crippen molar-refractivity contribution in [2.75, 3.05) is 16.4 Å². The van der Waals surface area contributed by atoms with Crippen molar-refractivity contribution in [1.29, 1.82) is 0 Å². The summed E-state index contributed by atoms with van der Waals surface area (Å²) in [5.41, 5.74) is 9.19. The maximum absolute atomic E-state index is 13.0. The van der Waals surface area contributed by atoms with E-state index in [1.165, 1.54) is 18.2 Å². The molecule has 0 aliphatic heterocycles. The maximum Gasteiger partial charge on any atom is 0.449 e. The number of nitrogens with zero attached hydrogens (tertiary/aromatic N) is 4. The molecule has 0 spiro atoms. The first-order valence-corrected chi connectivity index (χ1v) is 12.8. The van der Waals surface area contributed by atoms with E-state index >= 15 is 0 Å². The van der Waals surface area contributed by atoms with Crippen LogP contribution in [0.15, 0.2) is 60.7 Å². The summed E-state index contributed by atoms with van der Waals surface area (Å²) in [5.74, 6) is -1.48. The number of fused-ring (bicyclic) bond motifs is 1. The Morgan fingerprint density at radius 3 is 2.38 bits per heavy atom. The number of aliphatic hydroxyl groups is 1. The van der Waals surface area contributed by atoms with Crippen LogP contribution in [0.1, 0.15) is 48.1 Å². The molecule has 5 aromatic rings. The van der Waals surface area contributed by atoms with Gasteiger partial charge in [0.15, 0.2) is 5.82 Å². The van der Waals surface area contributed by atoms with Gasteiger partial charge >= 0.3 is 6.18 Å². The van der Waals surface area contributed by atoms with E-state index in [0.29, 0.717) is 28.1 Å². The highest BCUT2D eigenvalue weighted by molar-refractivity contribution is 6.05. The van der Waals surface area contributed by atoms with Crippen LogP contribution >= 0.6 is 0 Å². The molecule has 2 heterocycles. The Hall–Kier alpha value is -5.04. The number of aromatic amines is 1. The summed E-state index contributed by atoms with van der Waals surface area (Å²) < 4.78 is 39.1. The second-order valence-electron chi connectivity index (χ2n) is 10.6. The number of amides is 1. The predicted octanol–water partition coefficient (Wildman–Crippen LogP) is 5.80. The SMILES string of the molecule is CC(C)(C)c1ccc(C(=O)Nc2cccc(-c3nc(N)nc(Nc4ccc5[nH]c(C(F)(F)F)nc5c4)n3)c2CO)cc1. The number of nitrogen functional groups attached to an aromatic ring is 1. The van der Waals surface area contributed by atoms with Gasteiger partial charge in [-0.3, -0.25) is 4.79 Å². The van der Waals surface area contributed by atoms with Crippen molar-refractivity contribution >= 4 is 40.2 Å². The summed E-state index contributed by atoms with van der Waals surface area (Å²) in [6.45, 7) is 5.81. The number of halogens is 3. The van der Waals surface area contributed by atoms with Crippen LogP contribution in [0.3, 0.4) is 0 Å². The van der Waals surface area contributed by atoms with E-state index in [-0.39, 0.29) is 40.1 Å². The highest BCUT2D eigenvalue weighted by Gasteiger charge is 2.34. The highest BCUT2D eigenvalue weighted by Crippen LogP contribution is 2.31. The Morgan fingerprint density at radius 1 is 0.976 bits per heavy atom. The molecule has 0 saturated carbocycles. The molecule has 3 aromatic carbocycles. The number of anilines is 4. The molecule has 0 unspecified atom stereocenters. The van der Waals surface area contributed by atoms with Gasteiger partial charge in [0.1, 0.15) is 0 Å². The molecule has 5 rings (SSSR count). The van der Waals surface area contributed by atoms with Crippen LogP contribution in [0.5, 0.6) is 0 Å². The topological polar surface area (TPSA) is 155 Å².